The van der Waals surface area contributed by atoms with Gasteiger partial charge in [0.2, 0.25) is 0 Å². The number of hydrogen-bond acceptors (Lipinski definition) is 6. The molecule has 166 valence electrons. The van der Waals surface area contributed by atoms with Crippen molar-refractivity contribution in [2.24, 2.45) is 0 Å². The molecule has 4 rings (SSSR count). The molecule has 0 amide bonds. The highest BCUT2D eigenvalue weighted by Gasteiger charge is 2.13. The zero-order valence-electron chi connectivity index (χ0n) is 18.3. The van der Waals surface area contributed by atoms with Gasteiger partial charge >= 0.3 is 5.97 Å². The second kappa shape index (κ2) is 10.4. The Bertz CT molecular complexity index is 1310. The summed E-state index contributed by atoms with van der Waals surface area (Å²) in [6.45, 7) is 3.84. The lowest BCUT2D eigenvalue weighted by molar-refractivity contribution is 0.0520. The normalized spacial score (nSPS) is 10.7. The molecule has 2 aromatic carbocycles. The summed E-state index contributed by atoms with van der Waals surface area (Å²) in [5.74, 6) is 0.308. The van der Waals surface area contributed by atoms with Gasteiger partial charge in [-0.2, -0.15) is 5.26 Å². The van der Waals surface area contributed by atoms with Crippen molar-refractivity contribution in [1.29, 1.82) is 5.26 Å². The number of benzene rings is 2. The van der Waals surface area contributed by atoms with E-state index in [0.29, 0.717) is 43.3 Å². The van der Waals surface area contributed by atoms with Gasteiger partial charge in [0, 0.05) is 36.4 Å². The average Bonchev–Trinajstić information content (AvgIpc) is 3.30. The van der Waals surface area contributed by atoms with Gasteiger partial charge in [-0.3, -0.25) is 4.98 Å². The number of carbonyl (C=O) groups is 1. The number of nitriles is 1. The Kier molecular flexibility index (Phi) is 6.98. The standard InChI is InChI=1S/C26H24N4O3/c1-2-32-26(31)23-13-21-7-4-8-24(25(21)30-23)33-10-9-28-15-19-12-22(17-29-16-19)20-6-3-5-18(11-20)14-27/h3-8,11-13,16-17,28,30H,2,9-10,15H2,1H3. The van der Waals surface area contributed by atoms with Crippen molar-refractivity contribution < 1.29 is 14.3 Å². The molecule has 0 aliphatic heterocycles. The van der Waals surface area contributed by atoms with E-state index in [1.54, 1.807) is 25.3 Å². The molecule has 2 aromatic heterocycles. The Balaban J connectivity index is 1.32. The summed E-state index contributed by atoms with van der Waals surface area (Å²) in [7, 11) is 0. The zero-order valence-corrected chi connectivity index (χ0v) is 18.3. The van der Waals surface area contributed by atoms with Crippen LogP contribution in [0.2, 0.25) is 0 Å². The minimum atomic E-state index is -0.378. The van der Waals surface area contributed by atoms with Crippen LogP contribution >= 0.6 is 0 Å². The van der Waals surface area contributed by atoms with E-state index in [1.807, 2.05) is 42.6 Å². The van der Waals surface area contributed by atoms with Crippen molar-refractivity contribution in [2.45, 2.75) is 13.5 Å². The molecular formula is C26H24N4O3. The van der Waals surface area contributed by atoms with Crippen molar-refractivity contribution in [3.63, 3.8) is 0 Å². The maximum absolute atomic E-state index is 12.0. The number of aromatic nitrogens is 2. The molecule has 0 fully saturated rings. The van der Waals surface area contributed by atoms with E-state index in [4.69, 9.17) is 14.7 Å². The van der Waals surface area contributed by atoms with Crippen LogP contribution in [-0.2, 0) is 11.3 Å². The first-order valence-corrected chi connectivity index (χ1v) is 10.7. The fourth-order valence-electron chi connectivity index (χ4n) is 3.54. The Morgan fingerprint density at radius 1 is 1.12 bits per heavy atom. The monoisotopic (exact) mass is 440 g/mol. The number of aromatic amines is 1. The van der Waals surface area contributed by atoms with Crippen LogP contribution in [0, 0.1) is 11.3 Å². The molecule has 7 nitrogen and oxygen atoms in total. The number of H-pyrrole nitrogens is 1. The van der Waals surface area contributed by atoms with Crippen LogP contribution in [0.5, 0.6) is 5.75 Å². The lowest BCUT2D eigenvalue weighted by atomic mass is 10.0. The summed E-state index contributed by atoms with van der Waals surface area (Å²) in [5, 5.41) is 13.4. The summed E-state index contributed by atoms with van der Waals surface area (Å²) in [4.78, 5) is 19.4. The average molecular weight is 441 g/mol. The quantitative estimate of drug-likeness (QED) is 0.295. The summed E-state index contributed by atoms with van der Waals surface area (Å²) in [5.41, 5.74) is 4.79. The van der Waals surface area contributed by atoms with E-state index >= 15 is 0 Å². The largest absolute Gasteiger partial charge is 0.490 e. The second-order valence-electron chi connectivity index (χ2n) is 7.42. The van der Waals surface area contributed by atoms with Gasteiger partial charge in [0.05, 0.1) is 23.8 Å². The fourth-order valence-corrected chi connectivity index (χ4v) is 3.54. The first kappa shape index (κ1) is 22.1. The smallest absolute Gasteiger partial charge is 0.354 e. The van der Waals surface area contributed by atoms with Crippen LogP contribution in [0.4, 0.5) is 0 Å². The molecule has 0 aliphatic carbocycles. The van der Waals surface area contributed by atoms with Gasteiger partial charge in [-0.1, -0.05) is 24.3 Å². The predicted octanol–water partition coefficient (Wildman–Crippen LogP) is 4.45. The van der Waals surface area contributed by atoms with E-state index in [2.05, 4.69) is 27.4 Å². The van der Waals surface area contributed by atoms with Gasteiger partial charge in [-0.25, -0.2) is 4.79 Å². The van der Waals surface area contributed by atoms with Crippen molar-refractivity contribution in [3.05, 3.63) is 83.8 Å². The number of esters is 1. The summed E-state index contributed by atoms with van der Waals surface area (Å²) < 4.78 is 11.0. The molecule has 0 radical (unpaired) electrons. The van der Waals surface area contributed by atoms with Crippen molar-refractivity contribution in [1.82, 2.24) is 15.3 Å². The molecular weight excluding hydrogens is 416 g/mol. The van der Waals surface area contributed by atoms with Gasteiger partial charge < -0.3 is 19.8 Å². The SMILES string of the molecule is CCOC(=O)c1cc2cccc(OCCNCc3cncc(-c4cccc(C#N)c4)c3)c2[nH]1. The third-order valence-electron chi connectivity index (χ3n) is 5.10. The van der Waals surface area contributed by atoms with Crippen LogP contribution in [0.3, 0.4) is 0 Å². The lowest BCUT2D eigenvalue weighted by Gasteiger charge is -2.09. The number of fused-ring (bicyclic) bond motifs is 1. The van der Waals surface area contributed by atoms with Crippen LogP contribution in [-0.4, -0.2) is 35.7 Å². The number of ether oxygens (including phenoxy) is 2. The topological polar surface area (TPSA) is 100 Å². The van der Waals surface area contributed by atoms with E-state index in [0.717, 1.165) is 27.6 Å². The van der Waals surface area contributed by atoms with E-state index < -0.39 is 0 Å². The zero-order chi connectivity index (χ0) is 23.0. The lowest BCUT2D eigenvalue weighted by Crippen LogP contribution is -2.20. The second-order valence-corrected chi connectivity index (χ2v) is 7.42. The maximum Gasteiger partial charge on any atom is 0.354 e. The Morgan fingerprint density at radius 3 is 2.85 bits per heavy atom. The number of carbonyl (C=O) groups excluding carboxylic acids is 1. The van der Waals surface area contributed by atoms with Crippen molar-refractivity contribution in [2.75, 3.05) is 19.8 Å². The molecule has 33 heavy (non-hydrogen) atoms. The summed E-state index contributed by atoms with van der Waals surface area (Å²) in [6, 6.07) is 19.2. The van der Waals surface area contributed by atoms with Crippen LogP contribution < -0.4 is 10.1 Å². The maximum atomic E-state index is 12.0. The number of hydrogen-bond donors (Lipinski definition) is 2. The van der Waals surface area contributed by atoms with Crippen molar-refractivity contribution in [3.8, 4) is 22.9 Å². The number of pyridine rings is 1. The molecule has 0 aliphatic rings. The Hall–Kier alpha value is -4.15. The molecule has 0 unspecified atom stereocenters. The number of para-hydroxylation sites is 1. The van der Waals surface area contributed by atoms with Crippen LogP contribution in [0.1, 0.15) is 28.5 Å². The highest BCUT2D eigenvalue weighted by Crippen LogP contribution is 2.26. The van der Waals surface area contributed by atoms with Crippen LogP contribution in [0.15, 0.2) is 67.0 Å². The highest BCUT2D eigenvalue weighted by molar-refractivity contribution is 5.96. The molecule has 0 saturated heterocycles. The Morgan fingerprint density at radius 2 is 2.00 bits per heavy atom. The summed E-state index contributed by atoms with van der Waals surface area (Å²) >= 11 is 0. The van der Waals surface area contributed by atoms with Gasteiger partial charge in [-0.15, -0.1) is 0 Å². The van der Waals surface area contributed by atoms with Gasteiger partial charge in [0.1, 0.15) is 18.1 Å². The molecule has 2 N–H and O–H groups in total. The fraction of sp³-hybridized carbons (Fsp3) is 0.192. The third-order valence-corrected chi connectivity index (χ3v) is 5.10. The van der Waals surface area contributed by atoms with Crippen molar-refractivity contribution >= 4 is 16.9 Å². The van der Waals surface area contributed by atoms with E-state index in [9.17, 15) is 4.79 Å². The summed E-state index contributed by atoms with van der Waals surface area (Å²) in [6.07, 6.45) is 3.62. The molecule has 0 spiro atoms. The minimum absolute atomic E-state index is 0.327. The van der Waals surface area contributed by atoms with Gasteiger partial charge in [0.15, 0.2) is 0 Å². The molecule has 4 aromatic rings. The van der Waals surface area contributed by atoms with Gasteiger partial charge in [0.25, 0.3) is 0 Å². The minimum Gasteiger partial charge on any atom is -0.490 e. The molecule has 0 bridgehead atoms. The number of nitrogens with zero attached hydrogens (tertiary/aromatic N) is 2. The third kappa shape index (κ3) is 5.37. The first-order valence-electron chi connectivity index (χ1n) is 10.7. The highest BCUT2D eigenvalue weighted by atomic mass is 16.5. The molecule has 0 atom stereocenters. The van der Waals surface area contributed by atoms with Gasteiger partial charge in [-0.05, 0) is 48.4 Å². The van der Waals surface area contributed by atoms with E-state index in [1.165, 1.54) is 0 Å². The first-order chi connectivity index (χ1) is 16.2. The Labute approximate surface area is 192 Å². The predicted molar refractivity (Wildman–Crippen MR) is 126 cm³/mol. The molecule has 0 saturated carbocycles. The van der Waals surface area contributed by atoms with E-state index in [-0.39, 0.29) is 5.97 Å². The molecule has 2 heterocycles. The van der Waals surface area contributed by atoms with Crippen LogP contribution in [0.25, 0.3) is 22.0 Å². The molecule has 7 heteroatoms. The number of nitrogens with one attached hydrogen (secondary N) is 2. The number of rotatable bonds is 9.